The highest BCUT2D eigenvalue weighted by molar-refractivity contribution is 5.83. The number of nitrogens with two attached hydrogens (primary N) is 1. The van der Waals surface area contributed by atoms with Gasteiger partial charge in [-0.3, -0.25) is 4.99 Å². The standard InChI is InChI=1S/C20H30N4/c1-4-6-8-19(22-5-2)16-23(3)12-7-13-24-14-11-17-15-18(21)9-10-20(17)24/h5,9-11,14-16H,4,6-8,12-13,21H2,1-3H3/b19-16-,22-5?. The summed E-state index contributed by atoms with van der Waals surface area (Å²) in [5.41, 5.74) is 9.09. The van der Waals surface area contributed by atoms with Gasteiger partial charge in [-0.2, -0.15) is 0 Å². The van der Waals surface area contributed by atoms with E-state index in [0.717, 1.165) is 31.6 Å². The van der Waals surface area contributed by atoms with Crippen molar-refractivity contribution in [3.05, 3.63) is 42.4 Å². The molecule has 0 saturated carbocycles. The van der Waals surface area contributed by atoms with Crippen LogP contribution >= 0.6 is 0 Å². The quantitative estimate of drug-likeness (QED) is 0.538. The summed E-state index contributed by atoms with van der Waals surface area (Å²) in [7, 11) is 2.13. The number of anilines is 1. The summed E-state index contributed by atoms with van der Waals surface area (Å²) in [5.74, 6) is 0. The topological polar surface area (TPSA) is 46.5 Å². The highest BCUT2D eigenvalue weighted by Gasteiger charge is 2.02. The van der Waals surface area contributed by atoms with Gasteiger partial charge in [0.05, 0.1) is 5.70 Å². The van der Waals surface area contributed by atoms with Crippen molar-refractivity contribution in [1.82, 2.24) is 9.47 Å². The summed E-state index contributed by atoms with van der Waals surface area (Å²) < 4.78 is 2.30. The lowest BCUT2D eigenvalue weighted by Crippen LogP contribution is -2.15. The van der Waals surface area contributed by atoms with Gasteiger partial charge >= 0.3 is 0 Å². The molecule has 0 fully saturated rings. The predicted octanol–water partition coefficient (Wildman–Crippen LogP) is 4.67. The lowest BCUT2D eigenvalue weighted by Gasteiger charge is -2.16. The van der Waals surface area contributed by atoms with E-state index in [2.05, 4.69) is 53.0 Å². The number of aromatic nitrogens is 1. The Balaban J connectivity index is 1.90. The van der Waals surface area contributed by atoms with Crippen LogP contribution in [0.3, 0.4) is 0 Å². The van der Waals surface area contributed by atoms with Crippen molar-refractivity contribution in [2.45, 2.75) is 46.1 Å². The van der Waals surface area contributed by atoms with Crippen molar-refractivity contribution in [1.29, 1.82) is 0 Å². The van der Waals surface area contributed by atoms with Crippen molar-refractivity contribution in [3.63, 3.8) is 0 Å². The molecule has 0 unspecified atom stereocenters. The Kier molecular flexibility index (Phi) is 6.91. The number of hydrogen-bond acceptors (Lipinski definition) is 3. The molecular weight excluding hydrogens is 296 g/mol. The minimum Gasteiger partial charge on any atom is -0.399 e. The number of aryl methyl sites for hydroxylation is 1. The maximum Gasteiger partial charge on any atom is 0.0557 e. The second kappa shape index (κ2) is 9.16. The Morgan fingerprint density at radius 1 is 1.29 bits per heavy atom. The van der Waals surface area contributed by atoms with E-state index in [-0.39, 0.29) is 0 Å². The predicted molar refractivity (Wildman–Crippen MR) is 105 cm³/mol. The second-order valence-corrected chi connectivity index (χ2v) is 6.27. The fourth-order valence-electron chi connectivity index (χ4n) is 2.91. The van der Waals surface area contributed by atoms with Gasteiger partial charge in [-0.1, -0.05) is 13.3 Å². The van der Waals surface area contributed by atoms with E-state index in [4.69, 9.17) is 5.73 Å². The maximum atomic E-state index is 5.84. The monoisotopic (exact) mass is 326 g/mol. The van der Waals surface area contributed by atoms with E-state index in [1.807, 2.05) is 25.3 Å². The van der Waals surface area contributed by atoms with Crippen LogP contribution in [0, 0.1) is 0 Å². The van der Waals surface area contributed by atoms with Crippen molar-refractivity contribution in [3.8, 4) is 0 Å². The van der Waals surface area contributed by atoms with Gasteiger partial charge < -0.3 is 15.2 Å². The molecule has 1 aromatic heterocycles. The number of aliphatic imine (C=N–C) groups is 1. The molecule has 0 aliphatic heterocycles. The summed E-state index contributed by atoms with van der Waals surface area (Å²) in [6, 6.07) is 8.24. The fourth-order valence-corrected chi connectivity index (χ4v) is 2.91. The molecule has 2 aromatic rings. The lowest BCUT2D eigenvalue weighted by molar-refractivity contribution is 0.423. The van der Waals surface area contributed by atoms with Crippen LogP contribution in [0.4, 0.5) is 5.69 Å². The zero-order valence-electron chi connectivity index (χ0n) is 15.2. The Morgan fingerprint density at radius 3 is 2.88 bits per heavy atom. The number of fused-ring (bicyclic) bond motifs is 1. The highest BCUT2D eigenvalue weighted by Crippen LogP contribution is 2.19. The maximum absolute atomic E-state index is 5.84. The van der Waals surface area contributed by atoms with Crippen LogP contribution in [-0.4, -0.2) is 29.3 Å². The number of allylic oxidation sites excluding steroid dienone is 1. The van der Waals surface area contributed by atoms with Crippen LogP contribution in [0.1, 0.15) is 39.5 Å². The first-order chi connectivity index (χ1) is 11.6. The molecular formula is C20H30N4. The molecule has 1 heterocycles. The minimum absolute atomic E-state index is 0.821. The van der Waals surface area contributed by atoms with Crippen molar-refractivity contribution in [2.24, 2.45) is 4.99 Å². The van der Waals surface area contributed by atoms with E-state index in [9.17, 15) is 0 Å². The summed E-state index contributed by atoms with van der Waals surface area (Å²) in [6.07, 6.45) is 10.7. The summed E-state index contributed by atoms with van der Waals surface area (Å²) in [6.45, 7) is 6.21. The molecule has 130 valence electrons. The van der Waals surface area contributed by atoms with E-state index in [0.29, 0.717) is 0 Å². The average molecular weight is 326 g/mol. The molecule has 4 nitrogen and oxygen atoms in total. The Bertz CT molecular complexity index is 697. The number of unbranched alkanes of at least 4 members (excludes halogenated alkanes) is 1. The van der Waals surface area contributed by atoms with Crippen LogP contribution in [0.5, 0.6) is 0 Å². The molecule has 24 heavy (non-hydrogen) atoms. The molecule has 0 aliphatic rings. The SMILES string of the molecule is CC=N/C(=C\N(C)CCCn1ccc2cc(N)ccc21)CCCC. The zero-order valence-corrected chi connectivity index (χ0v) is 15.2. The lowest BCUT2D eigenvalue weighted by atomic mass is 10.2. The summed E-state index contributed by atoms with van der Waals surface area (Å²) in [4.78, 5) is 6.74. The average Bonchev–Trinajstić information content (AvgIpc) is 2.95. The normalized spacial score (nSPS) is 12.4. The second-order valence-electron chi connectivity index (χ2n) is 6.27. The largest absolute Gasteiger partial charge is 0.399 e. The van der Waals surface area contributed by atoms with E-state index < -0.39 is 0 Å². The molecule has 0 radical (unpaired) electrons. The molecule has 1 aromatic carbocycles. The van der Waals surface area contributed by atoms with Crippen LogP contribution in [0.15, 0.2) is 47.4 Å². The number of hydrogen-bond donors (Lipinski definition) is 1. The van der Waals surface area contributed by atoms with Crippen LogP contribution in [0.2, 0.25) is 0 Å². The van der Waals surface area contributed by atoms with Crippen molar-refractivity contribution in [2.75, 3.05) is 19.3 Å². The third-order valence-electron chi connectivity index (χ3n) is 4.16. The first-order valence-corrected chi connectivity index (χ1v) is 8.88. The number of rotatable bonds is 9. The van der Waals surface area contributed by atoms with E-state index in [1.165, 1.54) is 29.4 Å². The molecule has 2 rings (SSSR count). The molecule has 4 heteroatoms. The number of benzene rings is 1. The van der Waals surface area contributed by atoms with Crippen LogP contribution < -0.4 is 5.73 Å². The Morgan fingerprint density at radius 2 is 2.12 bits per heavy atom. The van der Waals surface area contributed by atoms with Gasteiger partial charge in [-0.05, 0) is 50.5 Å². The van der Waals surface area contributed by atoms with Crippen LogP contribution in [0.25, 0.3) is 10.9 Å². The Hall–Kier alpha value is -2.23. The van der Waals surface area contributed by atoms with Gasteiger partial charge in [0.25, 0.3) is 0 Å². The van der Waals surface area contributed by atoms with Crippen molar-refractivity contribution >= 4 is 22.8 Å². The van der Waals surface area contributed by atoms with Gasteiger partial charge in [0.2, 0.25) is 0 Å². The zero-order chi connectivity index (χ0) is 17.4. The molecule has 0 spiro atoms. The first kappa shape index (κ1) is 18.1. The van der Waals surface area contributed by atoms with Gasteiger partial charge in [-0.25, -0.2) is 0 Å². The molecule has 0 saturated heterocycles. The number of nitrogens with zero attached hydrogens (tertiary/aromatic N) is 3. The fraction of sp³-hybridized carbons (Fsp3) is 0.450. The molecule has 2 N–H and O–H groups in total. The third kappa shape index (κ3) is 5.15. The van der Waals surface area contributed by atoms with Gasteiger partial charge in [0.15, 0.2) is 0 Å². The van der Waals surface area contributed by atoms with Gasteiger partial charge in [0, 0.05) is 55.3 Å². The first-order valence-electron chi connectivity index (χ1n) is 8.88. The highest BCUT2D eigenvalue weighted by atomic mass is 15.1. The minimum atomic E-state index is 0.821. The molecule has 0 amide bonds. The van der Waals surface area contributed by atoms with E-state index in [1.54, 1.807) is 0 Å². The van der Waals surface area contributed by atoms with Crippen molar-refractivity contribution < 1.29 is 0 Å². The third-order valence-corrected chi connectivity index (χ3v) is 4.16. The van der Waals surface area contributed by atoms with Crippen LogP contribution in [-0.2, 0) is 6.54 Å². The Labute approximate surface area is 145 Å². The smallest absolute Gasteiger partial charge is 0.0557 e. The summed E-state index contributed by atoms with van der Waals surface area (Å²) in [5, 5.41) is 1.21. The summed E-state index contributed by atoms with van der Waals surface area (Å²) >= 11 is 0. The van der Waals surface area contributed by atoms with Gasteiger partial charge in [-0.15, -0.1) is 0 Å². The molecule has 0 bridgehead atoms. The molecule has 0 atom stereocenters. The number of nitrogen functional groups attached to an aromatic ring is 1. The van der Waals surface area contributed by atoms with Gasteiger partial charge in [0.1, 0.15) is 0 Å². The molecule has 0 aliphatic carbocycles. The van der Waals surface area contributed by atoms with E-state index >= 15 is 0 Å².